The molecule has 1 unspecified atom stereocenters. The van der Waals surface area contributed by atoms with Crippen LogP contribution in [0.15, 0.2) is 134 Å². The highest BCUT2D eigenvalue weighted by molar-refractivity contribution is 5.71. The van der Waals surface area contributed by atoms with Crippen molar-refractivity contribution in [2.75, 3.05) is 13.2 Å². The van der Waals surface area contributed by atoms with Crippen molar-refractivity contribution in [1.29, 1.82) is 0 Å². The maximum Gasteiger partial charge on any atom is 0.306 e. The van der Waals surface area contributed by atoms with Gasteiger partial charge in [-0.1, -0.05) is 193 Å². The van der Waals surface area contributed by atoms with E-state index in [0.717, 1.165) is 77.0 Å². The van der Waals surface area contributed by atoms with Crippen LogP contribution < -0.4 is 0 Å². The Morgan fingerprint density at radius 1 is 0.361 bits per heavy atom. The molecule has 6 heteroatoms. The highest BCUT2D eigenvalue weighted by Crippen LogP contribution is 2.10. The molecule has 0 aliphatic heterocycles. The first-order chi connectivity index (χ1) is 30.0. The topological polar surface area (TPSA) is 78.9 Å². The van der Waals surface area contributed by atoms with E-state index >= 15 is 0 Å². The molecular formula is C55H84O6. The Morgan fingerprint density at radius 2 is 0.770 bits per heavy atom. The first-order valence-corrected chi connectivity index (χ1v) is 23.7. The number of ether oxygens (including phenoxy) is 3. The zero-order chi connectivity index (χ0) is 44.4. The largest absolute Gasteiger partial charge is 0.462 e. The first kappa shape index (κ1) is 56.5. The summed E-state index contributed by atoms with van der Waals surface area (Å²) in [6, 6.07) is 0. The summed E-state index contributed by atoms with van der Waals surface area (Å²) in [4.78, 5) is 37.8. The minimum absolute atomic E-state index is 0.146. The fourth-order valence-corrected chi connectivity index (χ4v) is 5.71. The average Bonchev–Trinajstić information content (AvgIpc) is 3.26. The summed E-state index contributed by atoms with van der Waals surface area (Å²) in [5.41, 5.74) is 0. The highest BCUT2D eigenvalue weighted by atomic mass is 16.6. The lowest BCUT2D eigenvalue weighted by Gasteiger charge is -2.18. The van der Waals surface area contributed by atoms with E-state index in [9.17, 15) is 14.4 Å². The monoisotopic (exact) mass is 841 g/mol. The number of allylic oxidation sites excluding steroid dienone is 22. The van der Waals surface area contributed by atoms with Gasteiger partial charge in [-0.25, -0.2) is 0 Å². The number of carbonyl (C=O) groups is 3. The number of rotatable bonds is 40. The van der Waals surface area contributed by atoms with Gasteiger partial charge < -0.3 is 14.2 Å². The second-order valence-electron chi connectivity index (χ2n) is 15.0. The lowest BCUT2D eigenvalue weighted by Crippen LogP contribution is -2.30. The van der Waals surface area contributed by atoms with Crippen molar-refractivity contribution in [2.24, 2.45) is 0 Å². The smallest absolute Gasteiger partial charge is 0.306 e. The van der Waals surface area contributed by atoms with Gasteiger partial charge in [0.1, 0.15) is 13.2 Å². The van der Waals surface area contributed by atoms with E-state index in [1.54, 1.807) is 0 Å². The molecule has 0 amide bonds. The van der Waals surface area contributed by atoms with Crippen molar-refractivity contribution in [1.82, 2.24) is 0 Å². The SMILES string of the molecule is CC\C=C/C=C\C=C/C=C\CCCCCC(=O)OC(COC(=O)CC/C=C\C/C=C\CCCCCCCC)COC(=O)CCC/C=C\C/C=C\C/C=C\C/C=C\C/C=C\CC. The maximum absolute atomic E-state index is 12.7. The second kappa shape index (κ2) is 48.2. The van der Waals surface area contributed by atoms with Crippen LogP contribution >= 0.6 is 0 Å². The summed E-state index contributed by atoms with van der Waals surface area (Å²) in [5.74, 6) is -1.12. The van der Waals surface area contributed by atoms with E-state index < -0.39 is 6.10 Å². The number of hydrogen-bond acceptors (Lipinski definition) is 6. The van der Waals surface area contributed by atoms with Crippen molar-refractivity contribution in [2.45, 2.75) is 181 Å². The van der Waals surface area contributed by atoms with Crippen LogP contribution in [0.1, 0.15) is 175 Å². The molecule has 0 aromatic heterocycles. The summed E-state index contributed by atoms with van der Waals surface area (Å²) in [6.45, 7) is 6.20. The molecule has 0 aromatic carbocycles. The van der Waals surface area contributed by atoms with Crippen LogP contribution in [-0.4, -0.2) is 37.2 Å². The maximum atomic E-state index is 12.7. The summed E-state index contributed by atoms with van der Waals surface area (Å²) >= 11 is 0. The number of carbonyl (C=O) groups excluding carboxylic acids is 3. The van der Waals surface area contributed by atoms with Gasteiger partial charge in [0, 0.05) is 19.3 Å². The van der Waals surface area contributed by atoms with Gasteiger partial charge in [0.2, 0.25) is 0 Å². The lowest BCUT2D eigenvalue weighted by atomic mass is 10.1. The Morgan fingerprint density at radius 3 is 1.34 bits per heavy atom. The average molecular weight is 841 g/mol. The van der Waals surface area contributed by atoms with Crippen LogP contribution in [0.2, 0.25) is 0 Å². The van der Waals surface area contributed by atoms with Gasteiger partial charge in [0.25, 0.3) is 0 Å². The normalized spacial score (nSPS) is 13.3. The quantitative estimate of drug-likeness (QED) is 0.0201. The Bertz CT molecular complexity index is 1380. The molecular weight excluding hydrogens is 757 g/mol. The zero-order valence-electron chi connectivity index (χ0n) is 38.6. The van der Waals surface area contributed by atoms with E-state index in [0.29, 0.717) is 19.3 Å². The molecule has 0 spiro atoms. The van der Waals surface area contributed by atoms with Crippen LogP contribution in [0.5, 0.6) is 0 Å². The van der Waals surface area contributed by atoms with E-state index in [-0.39, 0.29) is 50.4 Å². The molecule has 1 atom stereocenters. The van der Waals surface area contributed by atoms with Crippen molar-refractivity contribution >= 4 is 17.9 Å². The molecule has 340 valence electrons. The molecule has 0 aromatic rings. The predicted molar refractivity (Wildman–Crippen MR) is 260 cm³/mol. The zero-order valence-corrected chi connectivity index (χ0v) is 38.6. The van der Waals surface area contributed by atoms with Crippen LogP contribution in [0, 0.1) is 0 Å². The second-order valence-corrected chi connectivity index (χ2v) is 15.0. The van der Waals surface area contributed by atoms with Crippen LogP contribution in [0.3, 0.4) is 0 Å². The molecule has 0 rings (SSSR count). The molecule has 0 N–H and O–H groups in total. The minimum atomic E-state index is -0.847. The molecule has 0 fully saturated rings. The standard InChI is InChI=1S/C55H84O6/c1-4-7-10-13-16-19-22-25-26-27-28-31-33-36-39-42-45-48-54(57)60-51-52(61-55(58)49-46-43-40-37-34-30-24-21-18-15-12-9-6-3)50-59-53(56)47-44-41-38-35-32-29-23-20-17-14-11-8-5-2/h7,9-10,12,15-16,18-19,21,24-26,28-32,34,36,38-39,41,52H,4-6,8,11,13-14,17,20,22-23,27,33,35,37,40,42-51H2,1-3H3/b10-7-,12-9-,18-15-,19-16-,24-21-,26-25-,31-28-,32-29-,34-30-,39-36-,41-38-. The van der Waals surface area contributed by atoms with E-state index in [1.807, 2.05) is 42.5 Å². The summed E-state index contributed by atoms with van der Waals surface area (Å²) in [7, 11) is 0. The third-order valence-corrected chi connectivity index (χ3v) is 9.23. The van der Waals surface area contributed by atoms with Gasteiger partial charge >= 0.3 is 17.9 Å². The van der Waals surface area contributed by atoms with Crippen LogP contribution in [0.25, 0.3) is 0 Å². The molecule has 0 radical (unpaired) electrons. The van der Waals surface area contributed by atoms with Gasteiger partial charge in [-0.15, -0.1) is 0 Å². The van der Waals surface area contributed by atoms with Gasteiger partial charge in [0.15, 0.2) is 6.10 Å². The van der Waals surface area contributed by atoms with Crippen molar-refractivity contribution < 1.29 is 28.6 Å². The van der Waals surface area contributed by atoms with E-state index in [1.165, 1.54) is 38.5 Å². The molecule has 6 nitrogen and oxygen atoms in total. The Hall–Kier alpha value is -4.45. The third kappa shape index (κ3) is 46.5. The van der Waals surface area contributed by atoms with Gasteiger partial charge in [-0.05, 0) is 96.3 Å². The first-order valence-electron chi connectivity index (χ1n) is 23.7. The number of esters is 3. The highest BCUT2D eigenvalue weighted by Gasteiger charge is 2.19. The van der Waals surface area contributed by atoms with E-state index in [2.05, 4.69) is 112 Å². The van der Waals surface area contributed by atoms with Crippen molar-refractivity contribution in [3.63, 3.8) is 0 Å². The number of unbranched alkanes of at least 4 members (excludes halogenated alkanes) is 10. The fourth-order valence-electron chi connectivity index (χ4n) is 5.71. The molecule has 0 aliphatic carbocycles. The summed E-state index contributed by atoms with van der Waals surface area (Å²) < 4.78 is 16.6. The molecule has 61 heavy (non-hydrogen) atoms. The minimum Gasteiger partial charge on any atom is -0.462 e. The number of hydrogen-bond donors (Lipinski definition) is 0. The predicted octanol–water partition coefficient (Wildman–Crippen LogP) is 15.5. The third-order valence-electron chi connectivity index (χ3n) is 9.23. The fraction of sp³-hybridized carbons (Fsp3) is 0.545. The van der Waals surface area contributed by atoms with Crippen LogP contribution in [-0.2, 0) is 28.6 Å². The van der Waals surface area contributed by atoms with Gasteiger partial charge in [-0.3, -0.25) is 14.4 Å². The van der Waals surface area contributed by atoms with Crippen molar-refractivity contribution in [3.05, 3.63) is 134 Å². The Kier molecular flexibility index (Phi) is 44.7. The Balaban J connectivity index is 4.63. The molecule has 0 saturated carbocycles. The summed E-state index contributed by atoms with van der Waals surface area (Å²) in [5, 5.41) is 0. The molecule has 0 saturated heterocycles. The molecule has 0 heterocycles. The van der Waals surface area contributed by atoms with Gasteiger partial charge in [-0.2, -0.15) is 0 Å². The molecule has 0 aliphatic rings. The lowest BCUT2D eigenvalue weighted by molar-refractivity contribution is -0.166. The summed E-state index contributed by atoms with van der Waals surface area (Å²) in [6.07, 6.45) is 67.4. The van der Waals surface area contributed by atoms with Crippen LogP contribution in [0.4, 0.5) is 0 Å². The molecule has 0 bridgehead atoms. The van der Waals surface area contributed by atoms with E-state index in [4.69, 9.17) is 14.2 Å². The van der Waals surface area contributed by atoms with Crippen molar-refractivity contribution in [3.8, 4) is 0 Å². The Labute approximate surface area is 373 Å². The van der Waals surface area contributed by atoms with Gasteiger partial charge in [0.05, 0.1) is 0 Å².